The fourth-order valence-electron chi connectivity index (χ4n) is 2.08. The summed E-state index contributed by atoms with van der Waals surface area (Å²) in [6.45, 7) is 2.86. The summed E-state index contributed by atoms with van der Waals surface area (Å²) in [4.78, 5) is 23.9. The zero-order valence-electron chi connectivity index (χ0n) is 12.5. The van der Waals surface area contributed by atoms with E-state index in [1.165, 1.54) is 39.1 Å². The topological polar surface area (TPSA) is 57.6 Å². The molecular weight excluding hydrogens is 299 g/mol. The number of benzene rings is 1. The number of nitrogens with zero attached hydrogens (tertiary/aromatic N) is 1. The van der Waals surface area contributed by atoms with Gasteiger partial charge >= 0.3 is 12.1 Å². The molecule has 0 aliphatic heterocycles. The number of carbonyl (C=O) groups is 2. The van der Waals surface area contributed by atoms with E-state index in [2.05, 4.69) is 0 Å². The molecule has 0 aromatic heterocycles. The molecule has 4 nitrogen and oxygen atoms in total. The minimum atomic E-state index is -4.49. The summed E-state index contributed by atoms with van der Waals surface area (Å²) in [5.74, 6) is -2.35. The van der Waals surface area contributed by atoms with Crippen molar-refractivity contribution in [2.24, 2.45) is 0 Å². The van der Waals surface area contributed by atoms with Gasteiger partial charge in [0, 0.05) is 13.5 Å². The van der Waals surface area contributed by atoms with Crippen LogP contribution in [0, 0.1) is 0 Å². The lowest BCUT2D eigenvalue weighted by atomic mass is 9.92. The van der Waals surface area contributed by atoms with E-state index in [-0.39, 0.29) is 12.0 Å². The summed E-state index contributed by atoms with van der Waals surface area (Å²) in [6, 6.07) is 4.05. The first-order valence-electron chi connectivity index (χ1n) is 6.70. The molecule has 1 N–H and O–H groups in total. The minimum Gasteiger partial charge on any atom is -0.480 e. The Kier molecular flexibility index (Phi) is 5.57. The zero-order valence-corrected chi connectivity index (χ0v) is 12.5. The van der Waals surface area contributed by atoms with Crippen molar-refractivity contribution >= 4 is 11.9 Å². The number of carboxylic acids is 1. The molecule has 0 fully saturated rings. The standard InChI is InChI=1S/C15H18F3NO3/c1-9(8-13(20)19(3)10(2)14(21)22)11-6-4-5-7-12(11)15(16,17)18/h4-7,9-10H,8H2,1-3H3,(H,21,22). The fraction of sp³-hybridized carbons (Fsp3) is 0.467. The number of amides is 1. The van der Waals surface area contributed by atoms with Crippen molar-refractivity contribution in [1.29, 1.82) is 0 Å². The van der Waals surface area contributed by atoms with Crippen molar-refractivity contribution < 1.29 is 27.9 Å². The minimum absolute atomic E-state index is 0.0275. The number of rotatable bonds is 5. The highest BCUT2D eigenvalue weighted by Crippen LogP contribution is 2.36. The Morgan fingerprint density at radius 2 is 1.77 bits per heavy atom. The molecule has 0 spiro atoms. The van der Waals surface area contributed by atoms with Crippen LogP contribution in [0.5, 0.6) is 0 Å². The molecule has 0 saturated heterocycles. The van der Waals surface area contributed by atoms with Crippen molar-refractivity contribution in [3.8, 4) is 0 Å². The summed E-state index contributed by atoms with van der Waals surface area (Å²) < 4.78 is 38.9. The van der Waals surface area contributed by atoms with Gasteiger partial charge in [-0.2, -0.15) is 13.2 Å². The first kappa shape index (κ1) is 18.0. The van der Waals surface area contributed by atoms with Gasteiger partial charge in [-0.1, -0.05) is 25.1 Å². The highest BCUT2D eigenvalue weighted by molar-refractivity contribution is 5.83. The zero-order chi connectivity index (χ0) is 17.1. The summed E-state index contributed by atoms with van der Waals surface area (Å²) in [5.41, 5.74) is -0.746. The van der Waals surface area contributed by atoms with Crippen LogP contribution in [0.3, 0.4) is 0 Å². The molecular formula is C15H18F3NO3. The van der Waals surface area contributed by atoms with E-state index >= 15 is 0 Å². The summed E-state index contributed by atoms with van der Waals surface area (Å²) in [5, 5.41) is 8.86. The second kappa shape index (κ2) is 6.81. The highest BCUT2D eigenvalue weighted by Gasteiger charge is 2.34. The molecule has 1 aromatic rings. The van der Waals surface area contributed by atoms with Gasteiger partial charge in [-0.05, 0) is 24.5 Å². The largest absolute Gasteiger partial charge is 0.480 e. The first-order valence-corrected chi connectivity index (χ1v) is 6.70. The predicted molar refractivity (Wildman–Crippen MR) is 74.3 cm³/mol. The number of alkyl halides is 3. The number of carboxylic acid groups (broad SMARTS) is 1. The van der Waals surface area contributed by atoms with Crippen LogP contribution in [-0.2, 0) is 15.8 Å². The third kappa shape index (κ3) is 4.22. The Morgan fingerprint density at radius 3 is 2.27 bits per heavy atom. The van der Waals surface area contributed by atoms with Crippen LogP contribution in [-0.4, -0.2) is 35.0 Å². The van der Waals surface area contributed by atoms with E-state index in [9.17, 15) is 22.8 Å². The maximum absolute atomic E-state index is 13.0. The van der Waals surface area contributed by atoms with Gasteiger partial charge in [-0.25, -0.2) is 4.79 Å². The number of carbonyl (C=O) groups excluding carboxylic acids is 1. The van der Waals surface area contributed by atoms with E-state index < -0.39 is 35.6 Å². The van der Waals surface area contributed by atoms with Gasteiger partial charge < -0.3 is 10.0 Å². The van der Waals surface area contributed by atoms with E-state index in [1.54, 1.807) is 0 Å². The average molecular weight is 317 g/mol. The molecule has 0 aliphatic rings. The van der Waals surface area contributed by atoms with Gasteiger partial charge in [-0.3, -0.25) is 4.79 Å². The van der Waals surface area contributed by atoms with Gasteiger partial charge in [0.25, 0.3) is 0 Å². The Labute approximate surface area is 126 Å². The van der Waals surface area contributed by atoms with E-state index in [0.29, 0.717) is 0 Å². The van der Waals surface area contributed by atoms with Crippen molar-refractivity contribution in [2.45, 2.75) is 38.4 Å². The van der Waals surface area contributed by atoms with Crippen LogP contribution >= 0.6 is 0 Å². The summed E-state index contributed by atoms with van der Waals surface area (Å²) >= 11 is 0. The van der Waals surface area contributed by atoms with Crippen molar-refractivity contribution in [3.63, 3.8) is 0 Å². The van der Waals surface area contributed by atoms with Gasteiger partial charge in [0.15, 0.2) is 0 Å². The number of hydrogen-bond donors (Lipinski definition) is 1. The van der Waals surface area contributed by atoms with Crippen LogP contribution in [0.15, 0.2) is 24.3 Å². The molecule has 0 bridgehead atoms. The van der Waals surface area contributed by atoms with Crippen LogP contribution in [0.2, 0.25) is 0 Å². The van der Waals surface area contributed by atoms with Gasteiger partial charge in [0.2, 0.25) is 5.91 Å². The smallest absolute Gasteiger partial charge is 0.416 e. The average Bonchev–Trinajstić information content (AvgIpc) is 2.44. The third-order valence-corrected chi connectivity index (χ3v) is 3.61. The second-order valence-electron chi connectivity index (χ2n) is 5.21. The predicted octanol–water partition coefficient (Wildman–Crippen LogP) is 3.13. The lowest BCUT2D eigenvalue weighted by Gasteiger charge is -2.24. The van der Waals surface area contributed by atoms with Crippen molar-refractivity contribution in [3.05, 3.63) is 35.4 Å². The Balaban J connectivity index is 2.93. The van der Waals surface area contributed by atoms with Crippen molar-refractivity contribution in [2.75, 3.05) is 7.05 Å². The van der Waals surface area contributed by atoms with Crippen LogP contribution < -0.4 is 0 Å². The molecule has 2 unspecified atom stereocenters. The molecule has 1 rings (SSSR count). The second-order valence-corrected chi connectivity index (χ2v) is 5.21. The number of likely N-dealkylation sites (N-methyl/N-ethyl adjacent to an activating group) is 1. The third-order valence-electron chi connectivity index (χ3n) is 3.61. The first-order chi connectivity index (χ1) is 10.1. The molecule has 1 amide bonds. The van der Waals surface area contributed by atoms with Crippen molar-refractivity contribution in [1.82, 2.24) is 4.90 Å². The van der Waals surface area contributed by atoms with E-state index in [0.717, 1.165) is 11.0 Å². The van der Waals surface area contributed by atoms with Crippen LogP contribution in [0.25, 0.3) is 0 Å². The molecule has 1 aromatic carbocycles. The molecule has 0 heterocycles. The maximum Gasteiger partial charge on any atom is 0.416 e. The van der Waals surface area contributed by atoms with E-state index in [4.69, 9.17) is 5.11 Å². The molecule has 0 saturated carbocycles. The Morgan fingerprint density at radius 1 is 1.23 bits per heavy atom. The quantitative estimate of drug-likeness (QED) is 0.907. The fourth-order valence-corrected chi connectivity index (χ4v) is 2.08. The number of aliphatic carboxylic acids is 1. The summed E-state index contributed by atoms with van der Waals surface area (Å²) in [7, 11) is 1.32. The SMILES string of the molecule is CC(CC(=O)N(C)C(C)C(=O)O)c1ccccc1C(F)(F)F. The Hall–Kier alpha value is -2.05. The van der Waals surface area contributed by atoms with Crippen LogP contribution in [0.1, 0.15) is 37.3 Å². The van der Waals surface area contributed by atoms with Crippen LogP contribution in [0.4, 0.5) is 13.2 Å². The monoisotopic (exact) mass is 317 g/mol. The lowest BCUT2D eigenvalue weighted by molar-refractivity contribution is -0.148. The van der Waals surface area contributed by atoms with Gasteiger partial charge in [0.1, 0.15) is 6.04 Å². The molecule has 22 heavy (non-hydrogen) atoms. The van der Waals surface area contributed by atoms with Gasteiger partial charge in [0.05, 0.1) is 5.56 Å². The van der Waals surface area contributed by atoms with Gasteiger partial charge in [-0.15, -0.1) is 0 Å². The highest BCUT2D eigenvalue weighted by atomic mass is 19.4. The Bertz CT molecular complexity index is 557. The lowest BCUT2D eigenvalue weighted by Crippen LogP contribution is -2.40. The van der Waals surface area contributed by atoms with E-state index in [1.807, 2.05) is 0 Å². The molecule has 0 radical (unpaired) electrons. The number of halogens is 3. The normalized spacial score (nSPS) is 14.3. The number of hydrogen-bond acceptors (Lipinski definition) is 2. The molecule has 122 valence electrons. The summed E-state index contributed by atoms with van der Waals surface area (Å²) in [6.07, 6.45) is -4.69. The maximum atomic E-state index is 13.0. The molecule has 7 heteroatoms. The molecule has 2 atom stereocenters. The molecule has 0 aliphatic carbocycles.